The second kappa shape index (κ2) is 25.8. The van der Waals surface area contributed by atoms with E-state index >= 15 is 0 Å². The molecule has 0 aliphatic rings. The Hall–Kier alpha value is -0.830. The molecule has 0 radical (unpaired) electrons. The number of carboxylic acids is 2. The zero-order valence-electron chi connectivity index (χ0n) is 21.4. The number of unbranched alkanes of at least 4 members (excludes halogenated alkanes) is 13. The summed E-state index contributed by atoms with van der Waals surface area (Å²) < 4.78 is 0. The van der Waals surface area contributed by atoms with Crippen molar-refractivity contribution in [1.29, 1.82) is 0 Å². The summed E-state index contributed by atoms with van der Waals surface area (Å²) in [5, 5.41) is 28.9. The summed E-state index contributed by atoms with van der Waals surface area (Å²) in [6.07, 6.45) is 20.8. The molecule has 8 heteroatoms. The van der Waals surface area contributed by atoms with Gasteiger partial charge in [0, 0.05) is 0 Å². The van der Waals surface area contributed by atoms with Crippen LogP contribution in [-0.4, -0.2) is 64.0 Å². The van der Waals surface area contributed by atoms with E-state index in [-0.39, 0.29) is 6.04 Å². The van der Waals surface area contributed by atoms with Crippen LogP contribution in [0.15, 0.2) is 0 Å². The average Bonchev–Trinajstić information content (AvgIpc) is 2.77. The van der Waals surface area contributed by atoms with Crippen LogP contribution in [0.3, 0.4) is 0 Å². The number of thioether (sulfide) groups is 1. The number of carboxylic acid groups (broad SMARTS) is 2. The molecule has 7 nitrogen and oxygen atoms in total. The van der Waals surface area contributed by atoms with E-state index in [9.17, 15) is 9.59 Å². The molecule has 0 saturated carbocycles. The fraction of sp³-hybridized carbons (Fsp3) is 0.920. The first-order chi connectivity index (χ1) is 15.8. The first kappa shape index (κ1) is 34.3. The third kappa shape index (κ3) is 25.6. The summed E-state index contributed by atoms with van der Waals surface area (Å²) >= 11 is 1.71. The second-order valence-corrected chi connectivity index (χ2v) is 9.81. The molecule has 0 bridgehead atoms. The van der Waals surface area contributed by atoms with Gasteiger partial charge in [-0.05, 0) is 38.3 Å². The lowest BCUT2D eigenvalue weighted by Gasteiger charge is -2.13. The first-order valence-corrected chi connectivity index (χ1v) is 14.3. The average molecular weight is 493 g/mol. The van der Waals surface area contributed by atoms with Crippen LogP contribution >= 0.6 is 11.8 Å². The van der Waals surface area contributed by atoms with E-state index < -0.39 is 24.1 Å². The van der Waals surface area contributed by atoms with Crippen LogP contribution in [0.1, 0.15) is 110 Å². The van der Waals surface area contributed by atoms with Crippen molar-refractivity contribution in [2.45, 2.75) is 128 Å². The fourth-order valence-corrected chi connectivity index (χ4v) is 3.82. The molecule has 3 unspecified atom stereocenters. The SMILES string of the molecule is CC(O)C(N)C(=O)O.CCCCCCCCCCCCCCCCNC(CCSC)C(=O)O. The molecular formula is C25H52N2O5S. The Morgan fingerprint density at radius 2 is 1.24 bits per heavy atom. The largest absolute Gasteiger partial charge is 0.480 e. The molecule has 0 aliphatic heterocycles. The topological polar surface area (TPSA) is 133 Å². The minimum Gasteiger partial charge on any atom is -0.480 e. The van der Waals surface area contributed by atoms with Gasteiger partial charge in [-0.25, -0.2) is 0 Å². The fourth-order valence-electron chi connectivity index (χ4n) is 3.35. The molecule has 0 fully saturated rings. The number of nitrogens with two attached hydrogens (primary N) is 1. The molecule has 0 saturated heterocycles. The Labute approximate surface area is 206 Å². The Morgan fingerprint density at radius 3 is 1.55 bits per heavy atom. The van der Waals surface area contributed by atoms with Crippen LogP contribution in [0.25, 0.3) is 0 Å². The minimum atomic E-state index is -1.18. The number of rotatable bonds is 22. The minimum absolute atomic E-state index is 0.366. The summed E-state index contributed by atoms with van der Waals surface area (Å²) in [6.45, 7) is 4.44. The van der Waals surface area contributed by atoms with Crippen molar-refractivity contribution < 1.29 is 24.9 Å². The molecule has 0 aromatic heterocycles. The van der Waals surface area contributed by atoms with E-state index in [1.807, 2.05) is 6.26 Å². The third-order valence-corrected chi connectivity index (χ3v) is 6.28. The zero-order chi connectivity index (χ0) is 25.3. The highest BCUT2D eigenvalue weighted by Crippen LogP contribution is 2.13. The van der Waals surface area contributed by atoms with Crippen LogP contribution in [0, 0.1) is 0 Å². The van der Waals surface area contributed by atoms with Gasteiger partial charge in [-0.3, -0.25) is 9.59 Å². The van der Waals surface area contributed by atoms with Gasteiger partial charge in [0.05, 0.1) is 6.10 Å². The van der Waals surface area contributed by atoms with Gasteiger partial charge in [0.25, 0.3) is 0 Å². The molecule has 0 aliphatic carbocycles. The highest BCUT2D eigenvalue weighted by Gasteiger charge is 2.16. The van der Waals surface area contributed by atoms with E-state index in [0.717, 1.165) is 25.1 Å². The van der Waals surface area contributed by atoms with Gasteiger partial charge >= 0.3 is 11.9 Å². The van der Waals surface area contributed by atoms with E-state index in [0.29, 0.717) is 0 Å². The van der Waals surface area contributed by atoms with E-state index in [1.54, 1.807) is 11.8 Å². The van der Waals surface area contributed by atoms with Crippen molar-refractivity contribution in [2.24, 2.45) is 5.73 Å². The van der Waals surface area contributed by atoms with Crippen LogP contribution in [0.5, 0.6) is 0 Å². The standard InChI is InChI=1S/C21H43NO2S.C4H9NO3/c1-3-4-5-6-7-8-9-10-11-12-13-14-15-16-18-22-20(21(23)24)17-19-25-2;1-2(6)3(5)4(7)8/h20,22H,3-19H2,1-2H3,(H,23,24);2-3,6H,5H2,1H3,(H,7,8). The number of aliphatic carboxylic acids is 2. The molecule has 3 atom stereocenters. The molecule has 0 heterocycles. The van der Waals surface area contributed by atoms with Crippen LogP contribution in [-0.2, 0) is 9.59 Å². The maximum Gasteiger partial charge on any atom is 0.323 e. The van der Waals surface area contributed by atoms with Gasteiger partial charge in [0.15, 0.2) is 0 Å². The van der Waals surface area contributed by atoms with Crippen molar-refractivity contribution in [3.05, 3.63) is 0 Å². The second-order valence-electron chi connectivity index (χ2n) is 8.83. The smallest absolute Gasteiger partial charge is 0.323 e. The lowest BCUT2D eigenvalue weighted by atomic mass is 10.0. The van der Waals surface area contributed by atoms with Crippen molar-refractivity contribution in [1.82, 2.24) is 5.32 Å². The Bertz CT molecular complexity index is 453. The number of aliphatic hydroxyl groups is 1. The number of hydrogen-bond acceptors (Lipinski definition) is 6. The van der Waals surface area contributed by atoms with E-state index in [1.165, 1.54) is 90.4 Å². The van der Waals surface area contributed by atoms with Crippen molar-refractivity contribution in [3.8, 4) is 0 Å². The van der Waals surface area contributed by atoms with Crippen molar-refractivity contribution >= 4 is 23.7 Å². The van der Waals surface area contributed by atoms with Gasteiger partial charge in [0.2, 0.25) is 0 Å². The van der Waals surface area contributed by atoms with Gasteiger partial charge in [-0.15, -0.1) is 0 Å². The van der Waals surface area contributed by atoms with Crippen LogP contribution in [0.4, 0.5) is 0 Å². The van der Waals surface area contributed by atoms with E-state index in [4.69, 9.17) is 21.1 Å². The Kier molecular flexibility index (Phi) is 26.8. The number of hydrogen-bond donors (Lipinski definition) is 5. The molecule has 0 aromatic carbocycles. The number of aliphatic hydroxyl groups excluding tert-OH is 1. The quantitative estimate of drug-likeness (QED) is 0.133. The summed E-state index contributed by atoms with van der Waals surface area (Å²) in [5.74, 6) is -0.984. The summed E-state index contributed by atoms with van der Waals surface area (Å²) in [6, 6.07) is -1.52. The predicted molar refractivity (Wildman–Crippen MR) is 140 cm³/mol. The maximum atomic E-state index is 11.1. The highest BCUT2D eigenvalue weighted by atomic mass is 32.2. The molecule has 0 rings (SSSR count). The summed E-state index contributed by atoms with van der Waals surface area (Å²) in [4.78, 5) is 21.0. The molecule has 0 spiro atoms. The molecule has 198 valence electrons. The monoisotopic (exact) mass is 492 g/mol. The number of nitrogens with one attached hydrogen (secondary N) is 1. The highest BCUT2D eigenvalue weighted by molar-refractivity contribution is 7.98. The predicted octanol–water partition coefficient (Wildman–Crippen LogP) is 5.04. The lowest BCUT2D eigenvalue weighted by molar-refractivity contribution is -0.141. The maximum absolute atomic E-state index is 11.1. The van der Waals surface area contributed by atoms with Crippen LogP contribution in [0.2, 0.25) is 0 Å². The molecule has 6 N–H and O–H groups in total. The van der Waals surface area contributed by atoms with Gasteiger partial charge < -0.3 is 26.4 Å². The zero-order valence-corrected chi connectivity index (χ0v) is 22.2. The summed E-state index contributed by atoms with van der Waals surface area (Å²) in [7, 11) is 0. The number of carbonyl (C=O) groups is 2. The van der Waals surface area contributed by atoms with Gasteiger partial charge in [-0.2, -0.15) is 11.8 Å². The van der Waals surface area contributed by atoms with Gasteiger partial charge in [0.1, 0.15) is 12.1 Å². The third-order valence-electron chi connectivity index (χ3n) is 5.63. The van der Waals surface area contributed by atoms with Crippen molar-refractivity contribution in [2.75, 3.05) is 18.6 Å². The molecule has 33 heavy (non-hydrogen) atoms. The normalized spacial score (nSPS) is 13.6. The lowest BCUT2D eigenvalue weighted by Crippen LogP contribution is -2.39. The Balaban J connectivity index is 0. The first-order valence-electron chi connectivity index (χ1n) is 12.9. The summed E-state index contributed by atoms with van der Waals surface area (Å²) in [5.41, 5.74) is 4.91. The van der Waals surface area contributed by atoms with Crippen molar-refractivity contribution in [3.63, 3.8) is 0 Å². The molecule has 0 amide bonds. The van der Waals surface area contributed by atoms with E-state index in [2.05, 4.69) is 12.2 Å². The van der Waals surface area contributed by atoms with Gasteiger partial charge in [-0.1, -0.05) is 90.4 Å². The molecule has 0 aromatic rings. The molecular weight excluding hydrogens is 440 g/mol. The van der Waals surface area contributed by atoms with Crippen LogP contribution < -0.4 is 11.1 Å². The Morgan fingerprint density at radius 1 is 0.818 bits per heavy atom.